The highest BCUT2D eigenvalue weighted by Crippen LogP contribution is 2.36. The summed E-state index contributed by atoms with van der Waals surface area (Å²) < 4.78 is 15.9. The molecule has 0 aliphatic heterocycles. The lowest BCUT2D eigenvalue weighted by atomic mass is 10.0. The summed E-state index contributed by atoms with van der Waals surface area (Å²) >= 11 is 6.18. The Hall–Kier alpha value is -2.47. The lowest BCUT2D eigenvalue weighted by Crippen LogP contribution is -2.09. The number of aryl methyl sites for hydroxylation is 1. The van der Waals surface area contributed by atoms with Crippen LogP contribution in [-0.2, 0) is 0 Å². The Morgan fingerprint density at radius 2 is 2.04 bits per heavy atom. The highest BCUT2D eigenvalue weighted by molar-refractivity contribution is 6.33. The number of aromatic carboxylic acids is 1. The standard InChI is InChI=1S/C17H15ClFN3O2/c1-8(2)13-7-12(17(23)24)20-16-14(9(3)21-22(13)16)15-10(18)5-4-6-11(15)19/h4-8H,1-3H3,(H,23,24). The molecule has 0 saturated heterocycles. The fourth-order valence-electron chi connectivity index (χ4n) is 2.70. The van der Waals surface area contributed by atoms with Gasteiger partial charge in [0.05, 0.1) is 16.3 Å². The van der Waals surface area contributed by atoms with Gasteiger partial charge in [0.2, 0.25) is 0 Å². The molecule has 0 radical (unpaired) electrons. The fourth-order valence-corrected chi connectivity index (χ4v) is 2.95. The Balaban J connectivity index is 2.46. The molecule has 0 aliphatic rings. The second-order valence-electron chi connectivity index (χ2n) is 5.82. The van der Waals surface area contributed by atoms with E-state index in [1.54, 1.807) is 17.5 Å². The molecule has 7 heteroatoms. The van der Waals surface area contributed by atoms with Gasteiger partial charge in [0.25, 0.3) is 0 Å². The van der Waals surface area contributed by atoms with Crippen LogP contribution in [-0.4, -0.2) is 25.7 Å². The zero-order valence-electron chi connectivity index (χ0n) is 13.3. The van der Waals surface area contributed by atoms with Crippen LogP contribution < -0.4 is 0 Å². The van der Waals surface area contributed by atoms with Gasteiger partial charge in [-0.2, -0.15) is 5.10 Å². The van der Waals surface area contributed by atoms with E-state index in [9.17, 15) is 14.3 Å². The topological polar surface area (TPSA) is 67.5 Å². The minimum atomic E-state index is -1.15. The molecule has 0 saturated carbocycles. The third-order valence-corrected chi connectivity index (χ3v) is 4.13. The summed E-state index contributed by atoms with van der Waals surface area (Å²) in [6, 6.07) is 5.87. The van der Waals surface area contributed by atoms with Gasteiger partial charge in [-0.1, -0.05) is 31.5 Å². The van der Waals surface area contributed by atoms with Gasteiger partial charge < -0.3 is 5.11 Å². The molecule has 1 N–H and O–H groups in total. The first kappa shape index (κ1) is 16.4. The summed E-state index contributed by atoms with van der Waals surface area (Å²) in [5.74, 6) is -1.64. The summed E-state index contributed by atoms with van der Waals surface area (Å²) in [4.78, 5) is 15.6. The molecule has 0 spiro atoms. The van der Waals surface area contributed by atoms with Crippen LogP contribution in [0.5, 0.6) is 0 Å². The average molecular weight is 348 g/mol. The van der Waals surface area contributed by atoms with E-state index in [0.717, 1.165) is 0 Å². The quantitative estimate of drug-likeness (QED) is 0.766. The van der Waals surface area contributed by atoms with Gasteiger partial charge in [0.1, 0.15) is 5.82 Å². The molecule has 2 heterocycles. The number of halogens is 2. The predicted molar refractivity (Wildman–Crippen MR) is 89.2 cm³/mol. The van der Waals surface area contributed by atoms with Crippen molar-refractivity contribution in [3.05, 3.63) is 52.2 Å². The summed E-state index contributed by atoms with van der Waals surface area (Å²) in [6.45, 7) is 5.57. The van der Waals surface area contributed by atoms with Crippen LogP contribution in [0.3, 0.4) is 0 Å². The first-order valence-electron chi connectivity index (χ1n) is 7.39. The van der Waals surface area contributed by atoms with E-state index in [1.165, 1.54) is 18.2 Å². The second kappa shape index (κ2) is 5.87. The lowest BCUT2D eigenvalue weighted by Gasteiger charge is -2.10. The second-order valence-corrected chi connectivity index (χ2v) is 6.23. The van der Waals surface area contributed by atoms with Crippen molar-refractivity contribution in [2.75, 3.05) is 0 Å². The van der Waals surface area contributed by atoms with Crippen LogP contribution in [0.2, 0.25) is 5.02 Å². The van der Waals surface area contributed by atoms with Crippen LogP contribution in [0.4, 0.5) is 4.39 Å². The van der Waals surface area contributed by atoms with E-state index in [0.29, 0.717) is 17.0 Å². The predicted octanol–water partition coefficient (Wildman–Crippen LogP) is 4.32. The maximum Gasteiger partial charge on any atom is 0.354 e. The molecule has 124 valence electrons. The number of hydrogen-bond acceptors (Lipinski definition) is 3. The molecule has 0 aliphatic carbocycles. The molecule has 2 aromatic heterocycles. The van der Waals surface area contributed by atoms with Crippen molar-refractivity contribution in [1.29, 1.82) is 0 Å². The largest absolute Gasteiger partial charge is 0.477 e. The minimum Gasteiger partial charge on any atom is -0.477 e. The lowest BCUT2D eigenvalue weighted by molar-refractivity contribution is 0.0690. The van der Waals surface area contributed by atoms with Gasteiger partial charge in [-0.05, 0) is 31.0 Å². The zero-order valence-corrected chi connectivity index (χ0v) is 14.1. The number of rotatable bonds is 3. The summed E-state index contributed by atoms with van der Waals surface area (Å²) in [7, 11) is 0. The maximum absolute atomic E-state index is 14.4. The monoisotopic (exact) mass is 347 g/mol. The summed E-state index contributed by atoms with van der Waals surface area (Å²) in [5, 5.41) is 14.0. The van der Waals surface area contributed by atoms with Gasteiger partial charge in [-0.25, -0.2) is 18.7 Å². The Morgan fingerprint density at radius 1 is 1.33 bits per heavy atom. The summed E-state index contributed by atoms with van der Waals surface area (Å²) in [5.41, 5.74) is 1.96. The highest BCUT2D eigenvalue weighted by Gasteiger charge is 2.23. The van der Waals surface area contributed by atoms with Crippen molar-refractivity contribution in [2.24, 2.45) is 0 Å². The van der Waals surface area contributed by atoms with E-state index in [4.69, 9.17) is 11.6 Å². The van der Waals surface area contributed by atoms with Gasteiger partial charge in [-0.15, -0.1) is 0 Å². The number of benzene rings is 1. The van der Waals surface area contributed by atoms with Gasteiger partial charge in [-0.3, -0.25) is 0 Å². The van der Waals surface area contributed by atoms with E-state index < -0.39 is 11.8 Å². The van der Waals surface area contributed by atoms with Crippen LogP contribution in [0.1, 0.15) is 41.6 Å². The van der Waals surface area contributed by atoms with Gasteiger partial charge in [0.15, 0.2) is 11.3 Å². The first-order valence-corrected chi connectivity index (χ1v) is 7.77. The van der Waals surface area contributed by atoms with Crippen LogP contribution in [0, 0.1) is 12.7 Å². The maximum atomic E-state index is 14.4. The van der Waals surface area contributed by atoms with E-state index in [1.807, 2.05) is 13.8 Å². The molecule has 0 unspecified atom stereocenters. The number of fused-ring (bicyclic) bond motifs is 1. The number of carboxylic acids is 1. The smallest absolute Gasteiger partial charge is 0.354 e. The molecule has 0 amide bonds. The number of carbonyl (C=O) groups is 1. The number of carboxylic acid groups (broad SMARTS) is 1. The van der Waals surface area contributed by atoms with Crippen LogP contribution >= 0.6 is 11.6 Å². The van der Waals surface area contributed by atoms with Crippen molar-refractivity contribution in [3.63, 3.8) is 0 Å². The molecule has 3 aromatic rings. The van der Waals surface area contributed by atoms with Gasteiger partial charge in [0, 0.05) is 11.3 Å². The molecule has 0 atom stereocenters. The first-order chi connectivity index (χ1) is 11.3. The molecule has 0 bridgehead atoms. The van der Waals surface area contributed by atoms with E-state index in [2.05, 4.69) is 10.1 Å². The Kier molecular flexibility index (Phi) is 4.01. The van der Waals surface area contributed by atoms with E-state index >= 15 is 0 Å². The molecule has 1 aromatic carbocycles. The number of hydrogen-bond donors (Lipinski definition) is 1. The molecule has 5 nitrogen and oxygen atoms in total. The SMILES string of the molecule is Cc1nn2c(C(C)C)cc(C(=O)O)nc2c1-c1c(F)cccc1Cl. The highest BCUT2D eigenvalue weighted by atomic mass is 35.5. The van der Waals surface area contributed by atoms with Crippen molar-refractivity contribution in [1.82, 2.24) is 14.6 Å². The molecular weight excluding hydrogens is 333 g/mol. The third-order valence-electron chi connectivity index (χ3n) is 3.81. The number of nitrogens with zero attached hydrogens (tertiary/aromatic N) is 3. The Morgan fingerprint density at radius 3 is 2.62 bits per heavy atom. The Labute approximate surface area is 142 Å². The van der Waals surface area contributed by atoms with Gasteiger partial charge >= 0.3 is 5.97 Å². The van der Waals surface area contributed by atoms with E-state index in [-0.39, 0.29) is 27.8 Å². The van der Waals surface area contributed by atoms with Crippen molar-refractivity contribution < 1.29 is 14.3 Å². The average Bonchev–Trinajstić information content (AvgIpc) is 2.82. The van der Waals surface area contributed by atoms with Crippen molar-refractivity contribution in [2.45, 2.75) is 26.7 Å². The molecule has 0 fully saturated rings. The zero-order chi connectivity index (χ0) is 17.6. The molecule has 24 heavy (non-hydrogen) atoms. The molecular formula is C17H15ClFN3O2. The van der Waals surface area contributed by atoms with Crippen molar-refractivity contribution >= 4 is 23.2 Å². The summed E-state index contributed by atoms with van der Waals surface area (Å²) in [6.07, 6.45) is 0. The third kappa shape index (κ3) is 2.53. The minimum absolute atomic E-state index is 0.0110. The van der Waals surface area contributed by atoms with Crippen molar-refractivity contribution in [3.8, 4) is 11.1 Å². The van der Waals surface area contributed by atoms with Crippen LogP contribution in [0.25, 0.3) is 16.8 Å². The molecule has 3 rings (SSSR count). The Bertz CT molecular complexity index is 946. The fraction of sp³-hybridized carbons (Fsp3) is 0.235. The number of aromatic nitrogens is 3. The van der Waals surface area contributed by atoms with Crippen LogP contribution in [0.15, 0.2) is 24.3 Å². The normalized spacial score (nSPS) is 11.4.